The van der Waals surface area contributed by atoms with Gasteiger partial charge in [-0.25, -0.2) is 0 Å². The largest absolute Gasteiger partial charge is 0.481 e. The van der Waals surface area contributed by atoms with E-state index in [1.165, 1.54) is 64.2 Å². The van der Waals surface area contributed by atoms with Crippen molar-refractivity contribution in [1.29, 1.82) is 0 Å². The van der Waals surface area contributed by atoms with Gasteiger partial charge in [-0.05, 0) is 70.6 Å². The van der Waals surface area contributed by atoms with Gasteiger partial charge in [-0.3, -0.25) is 9.59 Å². The average molecular weight is 639 g/mol. The van der Waals surface area contributed by atoms with Crippen molar-refractivity contribution < 1.29 is 19.4 Å². The molecule has 0 aromatic carbocycles. The first-order chi connectivity index (χ1) is 22.6. The second-order valence-corrected chi connectivity index (χ2v) is 12.4. The van der Waals surface area contributed by atoms with Gasteiger partial charge in [0.15, 0.2) is 0 Å². The molecule has 0 aromatic rings. The van der Waals surface area contributed by atoms with Gasteiger partial charge < -0.3 is 9.84 Å². The summed E-state index contributed by atoms with van der Waals surface area (Å²) in [6.45, 7) is 4.32. The molecule has 0 saturated heterocycles. The van der Waals surface area contributed by atoms with E-state index in [1.807, 2.05) is 0 Å². The summed E-state index contributed by atoms with van der Waals surface area (Å²) in [7, 11) is 0. The number of carboxylic acids is 1. The van der Waals surface area contributed by atoms with E-state index in [0.29, 0.717) is 12.8 Å². The molecule has 0 amide bonds. The third-order valence-corrected chi connectivity index (χ3v) is 7.94. The quantitative estimate of drug-likeness (QED) is 0.0441. The van der Waals surface area contributed by atoms with Gasteiger partial charge in [0, 0.05) is 12.8 Å². The van der Waals surface area contributed by atoms with E-state index >= 15 is 0 Å². The first kappa shape index (κ1) is 43.4. The lowest BCUT2D eigenvalue weighted by Gasteiger charge is -2.17. The number of unbranched alkanes of at least 4 members (excludes halogenated alkanes) is 12. The lowest BCUT2D eigenvalue weighted by atomic mass is 10.0. The van der Waals surface area contributed by atoms with Crippen molar-refractivity contribution in [3.63, 3.8) is 0 Å². The van der Waals surface area contributed by atoms with Crippen molar-refractivity contribution in [2.75, 3.05) is 0 Å². The highest BCUT2D eigenvalue weighted by Gasteiger charge is 2.13. The van der Waals surface area contributed by atoms with Crippen LogP contribution in [0, 0.1) is 0 Å². The molecule has 4 nitrogen and oxygen atoms in total. The van der Waals surface area contributed by atoms with Gasteiger partial charge in [-0.2, -0.15) is 0 Å². The maximum Gasteiger partial charge on any atom is 0.306 e. The summed E-state index contributed by atoms with van der Waals surface area (Å²) in [5.41, 5.74) is 0. The van der Waals surface area contributed by atoms with Crippen LogP contribution >= 0.6 is 0 Å². The number of allylic oxidation sites excluding steroid dienone is 12. The van der Waals surface area contributed by atoms with Crippen molar-refractivity contribution in [2.24, 2.45) is 0 Å². The molecule has 0 spiro atoms. The van der Waals surface area contributed by atoms with Crippen LogP contribution in [0.5, 0.6) is 0 Å². The molecule has 0 aliphatic rings. The van der Waals surface area contributed by atoms with Gasteiger partial charge in [-0.15, -0.1) is 0 Å². The standard InChI is InChI=1S/C42H70O4/c1-3-5-6-7-8-9-10-11-12-13-14-15-16-20-23-26-29-32-35-39-42(45)46-40(36-4-2)37-33-30-27-24-21-18-17-19-22-25-28-31-34-38-41(43)44/h5-6,8-9,11-12,14-15,20,23,29,32,40H,3-4,7,10,13,16-19,21-22,24-28,30-31,33-39H2,1-2H3,(H,43,44)/b6-5-,9-8-,12-11-,15-14-,23-20-,32-29-. The Morgan fingerprint density at radius 3 is 1.30 bits per heavy atom. The number of hydrogen-bond donors (Lipinski definition) is 1. The van der Waals surface area contributed by atoms with Crippen LogP contribution in [-0.2, 0) is 14.3 Å². The summed E-state index contributed by atoms with van der Waals surface area (Å²) in [4.78, 5) is 22.9. The van der Waals surface area contributed by atoms with Gasteiger partial charge in [0.1, 0.15) is 6.10 Å². The van der Waals surface area contributed by atoms with Crippen molar-refractivity contribution in [3.05, 3.63) is 72.9 Å². The number of rotatable bonds is 33. The monoisotopic (exact) mass is 639 g/mol. The lowest BCUT2D eigenvalue weighted by Crippen LogP contribution is -2.18. The fourth-order valence-corrected chi connectivity index (χ4v) is 5.26. The van der Waals surface area contributed by atoms with Crippen molar-refractivity contribution in [3.8, 4) is 0 Å². The molecule has 4 heteroatoms. The van der Waals surface area contributed by atoms with Gasteiger partial charge in [0.05, 0.1) is 0 Å². The van der Waals surface area contributed by atoms with E-state index in [9.17, 15) is 9.59 Å². The molecule has 0 radical (unpaired) electrons. The van der Waals surface area contributed by atoms with Crippen LogP contribution in [0.4, 0.5) is 0 Å². The normalized spacial score (nSPS) is 13.1. The first-order valence-electron chi connectivity index (χ1n) is 18.9. The highest BCUT2D eigenvalue weighted by atomic mass is 16.5. The number of ether oxygens (including phenoxy) is 1. The molecule has 0 rings (SSSR count). The summed E-state index contributed by atoms with van der Waals surface area (Å²) in [6, 6.07) is 0. The molecule has 0 heterocycles. The second kappa shape index (κ2) is 36.8. The molecule has 0 aliphatic heterocycles. The summed E-state index contributed by atoms with van der Waals surface area (Å²) < 4.78 is 5.82. The number of carbonyl (C=O) groups is 2. The second-order valence-electron chi connectivity index (χ2n) is 12.4. The Hall–Kier alpha value is -2.62. The highest BCUT2D eigenvalue weighted by molar-refractivity contribution is 5.69. The lowest BCUT2D eigenvalue weighted by molar-refractivity contribution is -0.149. The Morgan fingerprint density at radius 1 is 0.500 bits per heavy atom. The summed E-state index contributed by atoms with van der Waals surface area (Å²) >= 11 is 0. The van der Waals surface area contributed by atoms with Crippen molar-refractivity contribution in [2.45, 2.75) is 180 Å². The molecule has 0 aliphatic carbocycles. The minimum atomic E-state index is -0.673. The van der Waals surface area contributed by atoms with E-state index < -0.39 is 5.97 Å². The minimum Gasteiger partial charge on any atom is -0.481 e. The molecule has 0 saturated carbocycles. The van der Waals surface area contributed by atoms with Crippen LogP contribution < -0.4 is 0 Å². The number of esters is 1. The topological polar surface area (TPSA) is 63.6 Å². The van der Waals surface area contributed by atoms with Crippen LogP contribution in [0.25, 0.3) is 0 Å². The predicted octanol–water partition coefficient (Wildman–Crippen LogP) is 13.1. The number of aliphatic carboxylic acids is 1. The fraction of sp³-hybridized carbons (Fsp3) is 0.667. The molecular formula is C42H70O4. The first-order valence-corrected chi connectivity index (χ1v) is 18.9. The Morgan fingerprint density at radius 2 is 0.891 bits per heavy atom. The zero-order chi connectivity index (χ0) is 33.6. The Labute approximate surface area is 284 Å². The molecular weight excluding hydrogens is 568 g/mol. The molecule has 0 bridgehead atoms. The number of hydrogen-bond acceptors (Lipinski definition) is 3. The SMILES string of the molecule is CC/C=C\C/C=C\C/C=C\C/C=C\C/C=C\C/C=C\CCC(=O)OC(CCC)CCCCCCCCCCCCCCCC(=O)O. The Kier molecular flexibility index (Phi) is 34.7. The van der Waals surface area contributed by atoms with Gasteiger partial charge in [0.2, 0.25) is 0 Å². The Bertz CT molecular complexity index is 861. The van der Waals surface area contributed by atoms with Gasteiger partial charge >= 0.3 is 11.9 Å². The Balaban J connectivity index is 3.73. The van der Waals surface area contributed by atoms with Gasteiger partial charge in [0.25, 0.3) is 0 Å². The van der Waals surface area contributed by atoms with E-state index in [4.69, 9.17) is 9.84 Å². The van der Waals surface area contributed by atoms with E-state index in [0.717, 1.165) is 83.5 Å². The summed E-state index contributed by atoms with van der Waals surface area (Å²) in [5.74, 6) is -0.731. The molecule has 0 aromatic heterocycles. The fourth-order valence-electron chi connectivity index (χ4n) is 5.26. The van der Waals surface area contributed by atoms with E-state index in [1.54, 1.807) is 0 Å². The molecule has 46 heavy (non-hydrogen) atoms. The van der Waals surface area contributed by atoms with Crippen LogP contribution in [0.2, 0.25) is 0 Å². The molecule has 1 atom stereocenters. The molecule has 1 unspecified atom stereocenters. The molecule has 0 fully saturated rings. The smallest absolute Gasteiger partial charge is 0.306 e. The average Bonchev–Trinajstić information content (AvgIpc) is 3.03. The maximum absolute atomic E-state index is 12.4. The summed E-state index contributed by atoms with van der Waals surface area (Å²) in [5, 5.41) is 8.66. The van der Waals surface area contributed by atoms with Crippen molar-refractivity contribution >= 4 is 11.9 Å². The van der Waals surface area contributed by atoms with Crippen LogP contribution in [0.3, 0.4) is 0 Å². The van der Waals surface area contributed by atoms with Crippen molar-refractivity contribution in [1.82, 2.24) is 0 Å². The third-order valence-electron chi connectivity index (χ3n) is 7.94. The highest BCUT2D eigenvalue weighted by Crippen LogP contribution is 2.17. The predicted molar refractivity (Wildman–Crippen MR) is 199 cm³/mol. The minimum absolute atomic E-state index is 0.0572. The third kappa shape index (κ3) is 35.9. The maximum atomic E-state index is 12.4. The van der Waals surface area contributed by atoms with Crippen LogP contribution in [0.15, 0.2) is 72.9 Å². The zero-order valence-electron chi connectivity index (χ0n) is 29.9. The number of carboxylic acid groups (broad SMARTS) is 1. The van der Waals surface area contributed by atoms with Crippen LogP contribution in [0.1, 0.15) is 174 Å². The van der Waals surface area contributed by atoms with Crippen LogP contribution in [-0.4, -0.2) is 23.1 Å². The zero-order valence-corrected chi connectivity index (χ0v) is 29.9. The number of carbonyl (C=O) groups excluding carboxylic acids is 1. The van der Waals surface area contributed by atoms with Gasteiger partial charge in [-0.1, -0.05) is 164 Å². The van der Waals surface area contributed by atoms with E-state index in [-0.39, 0.29) is 12.1 Å². The molecule has 262 valence electrons. The van der Waals surface area contributed by atoms with E-state index in [2.05, 4.69) is 86.8 Å². The molecule has 1 N–H and O–H groups in total. The summed E-state index contributed by atoms with van der Waals surface area (Å²) in [6.07, 6.45) is 52.7.